The Morgan fingerprint density at radius 1 is 1.36 bits per heavy atom. The van der Waals surface area contributed by atoms with Crippen molar-refractivity contribution < 1.29 is 9.53 Å². The first-order chi connectivity index (χ1) is 12.1. The van der Waals surface area contributed by atoms with Crippen molar-refractivity contribution in [3.63, 3.8) is 0 Å². The molecule has 6 nitrogen and oxygen atoms in total. The van der Waals surface area contributed by atoms with Crippen LogP contribution in [0.4, 0.5) is 5.69 Å². The number of anilines is 1. The van der Waals surface area contributed by atoms with Crippen LogP contribution < -0.4 is 5.32 Å². The Bertz CT molecular complexity index is 686. The second-order valence-electron chi connectivity index (χ2n) is 6.70. The zero-order valence-corrected chi connectivity index (χ0v) is 14.9. The number of carbonyl (C=O) groups excluding carboxylic acids is 1. The molecule has 0 spiro atoms. The van der Waals surface area contributed by atoms with Gasteiger partial charge in [0.05, 0.1) is 24.5 Å². The smallest absolute Gasteiger partial charge is 0.238 e. The molecule has 2 heterocycles. The van der Waals surface area contributed by atoms with Crippen LogP contribution in [-0.2, 0) is 23.0 Å². The highest BCUT2D eigenvalue weighted by Crippen LogP contribution is 2.24. The third kappa shape index (κ3) is 4.90. The van der Waals surface area contributed by atoms with E-state index < -0.39 is 0 Å². The van der Waals surface area contributed by atoms with Gasteiger partial charge in [0, 0.05) is 26.9 Å². The number of carbonyl (C=O) groups is 1. The summed E-state index contributed by atoms with van der Waals surface area (Å²) in [6, 6.07) is 10.5. The van der Waals surface area contributed by atoms with E-state index in [2.05, 4.69) is 39.6 Å². The van der Waals surface area contributed by atoms with Gasteiger partial charge in [0.1, 0.15) is 0 Å². The number of aromatic nitrogens is 2. The van der Waals surface area contributed by atoms with E-state index in [4.69, 9.17) is 4.74 Å². The predicted octanol–water partition coefficient (Wildman–Crippen LogP) is 1.94. The molecule has 3 rings (SSSR count). The normalized spacial score (nSPS) is 21.2. The average Bonchev–Trinajstić information content (AvgIpc) is 3.01. The van der Waals surface area contributed by atoms with Crippen molar-refractivity contribution in [2.24, 2.45) is 13.0 Å². The lowest BCUT2D eigenvalue weighted by Crippen LogP contribution is -2.47. The molecule has 1 aliphatic rings. The molecule has 1 amide bonds. The van der Waals surface area contributed by atoms with E-state index in [1.165, 1.54) is 5.56 Å². The van der Waals surface area contributed by atoms with Gasteiger partial charge < -0.3 is 10.1 Å². The maximum atomic E-state index is 12.2. The molecule has 1 fully saturated rings. The SMILES string of the molecule is CO[C@H]1CN(CC(=O)Nc2cnn(C)c2)CC[C@@H]1Cc1ccccc1. The van der Waals surface area contributed by atoms with Gasteiger partial charge >= 0.3 is 0 Å². The fourth-order valence-electron chi connectivity index (χ4n) is 3.48. The number of nitrogens with one attached hydrogen (secondary N) is 1. The molecule has 0 radical (unpaired) electrons. The van der Waals surface area contributed by atoms with Crippen LogP contribution in [0.5, 0.6) is 0 Å². The van der Waals surface area contributed by atoms with E-state index in [1.807, 2.05) is 13.1 Å². The first kappa shape index (κ1) is 17.6. The first-order valence-electron chi connectivity index (χ1n) is 8.71. The van der Waals surface area contributed by atoms with Crippen molar-refractivity contribution in [2.45, 2.75) is 18.9 Å². The topological polar surface area (TPSA) is 59.4 Å². The van der Waals surface area contributed by atoms with Crippen molar-refractivity contribution in [1.29, 1.82) is 0 Å². The maximum Gasteiger partial charge on any atom is 0.238 e. The minimum atomic E-state index is -0.00985. The largest absolute Gasteiger partial charge is 0.380 e. The summed E-state index contributed by atoms with van der Waals surface area (Å²) in [5.74, 6) is 0.481. The Hall–Kier alpha value is -2.18. The highest BCUT2D eigenvalue weighted by atomic mass is 16.5. The van der Waals surface area contributed by atoms with E-state index >= 15 is 0 Å². The summed E-state index contributed by atoms with van der Waals surface area (Å²) in [5, 5.41) is 6.95. The Kier molecular flexibility index (Phi) is 5.83. The summed E-state index contributed by atoms with van der Waals surface area (Å²) < 4.78 is 7.39. The number of ether oxygens (including phenoxy) is 1. The van der Waals surface area contributed by atoms with Crippen LogP contribution in [0.25, 0.3) is 0 Å². The second kappa shape index (κ2) is 8.27. The molecular formula is C19H26N4O2. The van der Waals surface area contributed by atoms with Gasteiger partial charge in [-0.2, -0.15) is 5.10 Å². The second-order valence-corrected chi connectivity index (χ2v) is 6.70. The van der Waals surface area contributed by atoms with Gasteiger partial charge in [-0.25, -0.2) is 0 Å². The number of aryl methyl sites for hydroxylation is 1. The lowest BCUT2D eigenvalue weighted by molar-refractivity contribution is -0.118. The number of piperidine rings is 1. The Labute approximate surface area is 148 Å². The molecular weight excluding hydrogens is 316 g/mol. The average molecular weight is 342 g/mol. The van der Waals surface area contributed by atoms with Crippen molar-refractivity contribution in [3.8, 4) is 0 Å². The summed E-state index contributed by atoms with van der Waals surface area (Å²) in [4.78, 5) is 14.4. The molecule has 0 saturated carbocycles. The Morgan fingerprint density at radius 2 is 2.16 bits per heavy atom. The number of methoxy groups -OCH3 is 1. The number of amides is 1. The highest BCUT2D eigenvalue weighted by Gasteiger charge is 2.30. The number of hydrogen-bond acceptors (Lipinski definition) is 4. The van der Waals surface area contributed by atoms with Gasteiger partial charge in [-0.3, -0.25) is 14.4 Å². The lowest BCUT2D eigenvalue weighted by Gasteiger charge is -2.37. The number of benzene rings is 1. The fraction of sp³-hybridized carbons (Fsp3) is 0.474. The van der Waals surface area contributed by atoms with Gasteiger partial charge in [0.25, 0.3) is 0 Å². The van der Waals surface area contributed by atoms with Crippen LogP contribution in [0, 0.1) is 5.92 Å². The van der Waals surface area contributed by atoms with Gasteiger partial charge in [-0.05, 0) is 30.9 Å². The van der Waals surface area contributed by atoms with Gasteiger partial charge in [-0.1, -0.05) is 30.3 Å². The summed E-state index contributed by atoms with van der Waals surface area (Å²) >= 11 is 0. The van der Waals surface area contributed by atoms with E-state index in [9.17, 15) is 4.79 Å². The van der Waals surface area contributed by atoms with Crippen molar-refractivity contribution >= 4 is 11.6 Å². The number of rotatable bonds is 6. The first-order valence-corrected chi connectivity index (χ1v) is 8.71. The zero-order chi connectivity index (χ0) is 17.6. The van der Waals surface area contributed by atoms with E-state index in [0.717, 1.165) is 31.6 Å². The summed E-state index contributed by atoms with van der Waals surface area (Å²) in [5.41, 5.74) is 2.08. The molecule has 2 aromatic rings. The highest BCUT2D eigenvalue weighted by molar-refractivity contribution is 5.91. The van der Waals surface area contributed by atoms with Crippen molar-refractivity contribution in [2.75, 3.05) is 32.1 Å². The molecule has 0 aliphatic carbocycles. The van der Waals surface area contributed by atoms with Crippen LogP contribution in [0.15, 0.2) is 42.7 Å². The quantitative estimate of drug-likeness (QED) is 0.872. The van der Waals surface area contributed by atoms with Crippen LogP contribution in [0.3, 0.4) is 0 Å². The van der Waals surface area contributed by atoms with Crippen molar-refractivity contribution in [3.05, 3.63) is 48.3 Å². The predicted molar refractivity (Wildman–Crippen MR) is 97.3 cm³/mol. The zero-order valence-electron chi connectivity index (χ0n) is 14.9. The molecule has 0 bridgehead atoms. The van der Waals surface area contributed by atoms with Gasteiger partial charge in [0.2, 0.25) is 5.91 Å². The molecule has 1 aliphatic heterocycles. The van der Waals surface area contributed by atoms with Crippen LogP contribution in [0.2, 0.25) is 0 Å². The fourth-order valence-corrected chi connectivity index (χ4v) is 3.48. The molecule has 1 aromatic carbocycles. The monoisotopic (exact) mass is 342 g/mol. The molecule has 0 unspecified atom stereocenters. The number of nitrogens with zero attached hydrogens (tertiary/aromatic N) is 3. The van der Waals surface area contributed by atoms with Crippen LogP contribution in [0.1, 0.15) is 12.0 Å². The third-order valence-electron chi connectivity index (χ3n) is 4.78. The van der Waals surface area contributed by atoms with E-state index in [1.54, 1.807) is 24.2 Å². The molecule has 1 saturated heterocycles. The molecule has 2 atom stereocenters. The standard InChI is InChI=1S/C19H26N4O2/c1-22-12-17(11-20-22)21-19(24)14-23-9-8-16(18(13-23)25-2)10-15-6-4-3-5-7-15/h3-7,11-12,16,18H,8-10,13-14H2,1-2H3,(H,21,24)/t16-,18+/m1/s1. The van der Waals surface area contributed by atoms with E-state index in [0.29, 0.717) is 12.5 Å². The summed E-state index contributed by atoms with van der Waals surface area (Å²) in [7, 11) is 3.60. The van der Waals surface area contributed by atoms with Crippen LogP contribution >= 0.6 is 0 Å². The van der Waals surface area contributed by atoms with Crippen LogP contribution in [-0.4, -0.2) is 53.4 Å². The third-order valence-corrected chi connectivity index (χ3v) is 4.78. The lowest BCUT2D eigenvalue weighted by atomic mass is 9.87. The Morgan fingerprint density at radius 3 is 2.84 bits per heavy atom. The van der Waals surface area contributed by atoms with Crippen molar-refractivity contribution in [1.82, 2.24) is 14.7 Å². The summed E-state index contributed by atoms with van der Waals surface area (Å²) in [6.07, 6.45) is 5.66. The molecule has 1 N–H and O–H groups in total. The van der Waals surface area contributed by atoms with Gasteiger partial charge in [-0.15, -0.1) is 0 Å². The summed E-state index contributed by atoms with van der Waals surface area (Å²) in [6.45, 7) is 2.08. The molecule has 1 aromatic heterocycles. The molecule has 134 valence electrons. The molecule has 25 heavy (non-hydrogen) atoms. The Balaban J connectivity index is 1.51. The number of likely N-dealkylation sites (tertiary alicyclic amines) is 1. The number of hydrogen-bond donors (Lipinski definition) is 1. The van der Waals surface area contributed by atoms with E-state index in [-0.39, 0.29) is 12.0 Å². The molecule has 6 heteroatoms. The minimum absolute atomic E-state index is 0.00985. The minimum Gasteiger partial charge on any atom is -0.380 e. The maximum absolute atomic E-state index is 12.2. The van der Waals surface area contributed by atoms with Gasteiger partial charge in [0.15, 0.2) is 0 Å².